The van der Waals surface area contributed by atoms with Crippen molar-refractivity contribution >= 4 is 18.3 Å². The summed E-state index contributed by atoms with van der Waals surface area (Å²) in [6.45, 7) is 8.60. The molecule has 6 heteroatoms. The quantitative estimate of drug-likeness (QED) is 0.924. The molecule has 0 bridgehead atoms. The Morgan fingerprint density at radius 1 is 1.52 bits per heavy atom. The van der Waals surface area contributed by atoms with Gasteiger partial charge in [-0.05, 0) is 38.8 Å². The van der Waals surface area contributed by atoms with Gasteiger partial charge in [-0.1, -0.05) is 13.8 Å². The van der Waals surface area contributed by atoms with Crippen LogP contribution in [0.4, 0.5) is 0 Å². The van der Waals surface area contributed by atoms with Gasteiger partial charge in [-0.25, -0.2) is 9.97 Å². The largest absolute Gasteiger partial charge is 0.338 e. The molecule has 5 nitrogen and oxygen atoms in total. The first-order valence-corrected chi connectivity index (χ1v) is 7.30. The number of halogens is 1. The van der Waals surface area contributed by atoms with Crippen LogP contribution < -0.4 is 5.32 Å². The minimum absolute atomic E-state index is 0. The van der Waals surface area contributed by atoms with Crippen LogP contribution >= 0.6 is 12.4 Å². The third-order valence-corrected chi connectivity index (χ3v) is 3.78. The lowest BCUT2D eigenvalue weighted by Gasteiger charge is -2.19. The van der Waals surface area contributed by atoms with E-state index in [9.17, 15) is 4.79 Å². The molecule has 2 rings (SSSR count). The second kappa shape index (κ2) is 7.71. The molecule has 1 aliphatic rings. The standard InChI is InChI=1S/C15H24N4O.ClH/c1-10(2)14-13(8-17-11(3)18-14)15(20)19-6-5-12(9-19)7-16-4;/h8,10,12,16H,5-7,9H2,1-4H3;1H. The number of hydrogen-bond donors (Lipinski definition) is 1. The van der Waals surface area contributed by atoms with Gasteiger partial charge in [-0.3, -0.25) is 4.79 Å². The summed E-state index contributed by atoms with van der Waals surface area (Å²) >= 11 is 0. The van der Waals surface area contributed by atoms with Crippen LogP contribution in [-0.4, -0.2) is 47.5 Å². The summed E-state index contributed by atoms with van der Waals surface area (Å²) in [5, 5.41) is 3.18. The Hall–Kier alpha value is -1.20. The van der Waals surface area contributed by atoms with Crippen molar-refractivity contribution in [2.75, 3.05) is 26.7 Å². The second-order valence-electron chi connectivity index (χ2n) is 5.83. The highest BCUT2D eigenvalue weighted by Gasteiger charge is 2.28. The molecule has 1 fully saturated rings. The van der Waals surface area contributed by atoms with Crippen molar-refractivity contribution in [1.29, 1.82) is 0 Å². The molecule has 0 aromatic carbocycles. The van der Waals surface area contributed by atoms with Gasteiger partial charge in [0.15, 0.2) is 0 Å². The highest BCUT2D eigenvalue weighted by Crippen LogP contribution is 2.22. The third kappa shape index (κ3) is 4.14. The van der Waals surface area contributed by atoms with E-state index in [1.165, 1.54) is 0 Å². The number of carbonyl (C=O) groups is 1. The summed E-state index contributed by atoms with van der Waals surface area (Å²) < 4.78 is 0. The molecule has 1 N–H and O–H groups in total. The molecule has 0 aliphatic carbocycles. The van der Waals surface area contributed by atoms with Gasteiger partial charge in [0.05, 0.1) is 11.3 Å². The van der Waals surface area contributed by atoms with Crippen LogP contribution in [0.25, 0.3) is 0 Å². The molecule has 1 unspecified atom stereocenters. The van der Waals surface area contributed by atoms with E-state index in [1.54, 1.807) is 6.20 Å². The fourth-order valence-corrected chi connectivity index (χ4v) is 2.74. The highest BCUT2D eigenvalue weighted by molar-refractivity contribution is 5.95. The number of carbonyl (C=O) groups excluding carboxylic acids is 1. The Morgan fingerprint density at radius 2 is 2.24 bits per heavy atom. The van der Waals surface area contributed by atoms with Gasteiger partial charge in [0, 0.05) is 19.3 Å². The third-order valence-electron chi connectivity index (χ3n) is 3.78. The predicted molar refractivity (Wildman–Crippen MR) is 86.0 cm³/mol. The summed E-state index contributed by atoms with van der Waals surface area (Å²) in [4.78, 5) is 23.2. The van der Waals surface area contributed by atoms with Crippen molar-refractivity contribution in [3.8, 4) is 0 Å². The highest BCUT2D eigenvalue weighted by atomic mass is 35.5. The van der Waals surface area contributed by atoms with Gasteiger partial charge in [0.1, 0.15) is 5.82 Å². The van der Waals surface area contributed by atoms with E-state index in [1.807, 2.05) is 18.9 Å². The lowest BCUT2D eigenvalue weighted by Crippen LogP contribution is -2.31. The van der Waals surface area contributed by atoms with Crippen LogP contribution in [0.15, 0.2) is 6.20 Å². The minimum Gasteiger partial charge on any atom is -0.338 e. The van der Waals surface area contributed by atoms with Gasteiger partial charge in [0.25, 0.3) is 5.91 Å². The number of aryl methyl sites for hydroxylation is 1. The Labute approximate surface area is 133 Å². The van der Waals surface area contributed by atoms with Crippen molar-refractivity contribution in [1.82, 2.24) is 20.2 Å². The lowest BCUT2D eigenvalue weighted by molar-refractivity contribution is 0.0784. The predicted octanol–water partition coefficient (Wildman–Crippen LogP) is 2.01. The van der Waals surface area contributed by atoms with Crippen LogP contribution in [0.3, 0.4) is 0 Å². The molecule has 1 saturated heterocycles. The van der Waals surface area contributed by atoms with Crippen molar-refractivity contribution < 1.29 is 4.79 Å². The van der Waals surface area contributed by atoms with E-state index in [0.29, 0.717) is 11.5 Å². The molecule has 1 aliphatic heterocycles. The lowest BCUT2D eigenvalue weighted by atomic mass is 10.0. The van der Waals surface area contributed by atoms with Crippen LogP contribution in [-0.2, 0) is 0 Å². The van der Waals surface area contributed by atoms with Gasteiger partial charge in [-0.15, -0.1) is 12.4 Å². The Kier molecular flexibility index (Phi) is 6.55. The summed E-state index contributed by atoms with van der Waals surface area (Å²) in [6, 6.07) is 0. The van der Waals surface area contributed by atoms with E-state index >= 15 is 0 Å². The van der Waals surface area contributed by atoms with Gasteiger partial charge in [0.2, 0.25) is 0 Å². The molecule has 1 amide bonds. The Morgan fingerprint density at radius 3 is 2.86 bits per heavy atom. The molecule has 0 saturated carbocycles. The summed E-state index contributed by atoms with van der Waals surface area (Å²) in [5.74, 6) is 1.58. The second-order valence-corrected chi connectivity index (χ2v) is 5.83. The number of likely N-dealkylation sites (tertiary alicyclic amines) is 1. The average Bonchev–Trinajstić information content (AvgIpc) is 2.87. The van der Waals surface area contributed by atoms with Crippen LogP contribution in [0.2, 0.25) is 0 Å². The van der Waals surface area contributed by atoms with Gasteiger partial charge < -0.3 is 10.2 Å². The van der Waals surface area contributed by atoms with E-state index in [2.05, 4.69) is 29.1 Å². The molecule has 118 valence electrons. The van der Waals surface area contributed by atoms with E-state index in [4.69, 9.17) is 0 Å². The first-order valence-electron chi connectivity index (χ1n) is 7.30. The van der Waals surface area contributed by atoms with Crippen LogP contribution in [0, 0.1) is 12.8 Å². The summed E-state index contributed by atoms with van der Waals surface area (Å²) in [6.07, 6.45) is 2.75. The zero-order chi connectivity index (χ0) is 14.7. The van der Waals surface area contributed by atoms with Gasteiger partial charge >= 0.3 is 0 Å². The Bertz CT molecular complexity index is 493. The normalized spacial score (nSPS) is 18.0. The molecule has 0 radical (unpaired) electrons. The average molecular weight is 313 g/mol. The molecule has 0 spiro atoms. The van der Waals surface area contributed by atoms with Crippen LogP contribution in [0.5, 0.6) is 0 Å². The first-order chi connectivity index (χ1) is 9.52. The zero-order valence-electron chi connectivity index (χ0n) is 13.2. The van der Waals surface area contributed by atoms with Crippen molar-refractivity contribution in [2.24, 2.45) is 5.92 Å². The van der Waals surface area contributed by atoms with Crippen molar-refractivity contribution in [2.45, 2.75) is 33.1 Å². The smallest absolute Gasteiger partial charge is 0.257 e. The molecule has 2 heterocycles. The molecule has 1 atom stereocenters. The topological polar surface area (TPSA) is 58.1 Å². The first kappa shape index (κ1) is 17.9. The number of nitrogens with one attached hydrogen (secondary N) is 1. The van der Waals surface area contributed by atoms with E-state index in [-0.39, 0.29) is 24.2 Å². The van der Waals surface area contributed by atoms with Crippen LogP contribution in [0.1, 0.15) is 48.1 Å². The minimum atomic E-state index is 0. The molecule has 1 aromatic heterocycles. The number of hydrogen-bond acceptors (Lipinski definition) is 4. The SMILES string of the molecule is CNCC1CCN(C(=O)c2cnc(C)nc2C(C)C)C1.Cl. The van der Waals surface area contributed by atoms with Crippen molar-refractivity contribution in [3.63, 3.8) is 0 Å². The number of aromatic nitrogens is 2. The molecule has 21 heavy (non-hydrogen) atoms. The van der Waals surface area contributed by atoms with E-state index in [0.717, 1.165) is 37.6 Å². The zero-order valence-corrected chi connectivity index (χ0v) is 14.0. The number of rotatable bonds is 4. The van der Waals surface area contributed by atoms with Crippen molar-refractivity contribution in [3.05, 3.63) is 23.3 Å². The summed E-state index contributed by atoms with van der Waals surface area (Å²) in [5.41, 5.74) is 1.52. The summed E-state index contributed by atoms with van der Waals surface area (Å²) in [7, 11) is 1.95. The maximum atomic E-state index is 12.7. The molecule has 1 aromatic rings. The fourth-order valence-electron chi connectivity index (χ4n) is 2.74. The number of amides is 1. The maximum absolute atomic E-state index is 12.7. The maximum Gasteiger partial charge on any atom is 0.257 e. The molecular weight excluding hydrogens is 288 g/mol. The van der Waals surface area contributed by atoms with E-state index < -0.39 is 0 Å². The number of nitrogens with zero attached hydrogens (tertiary/aromatic N) is 3. The Balaban J connectivity index is 0.00000220. The fraction of sp³-hybridized carbons (Fsp3) is 0.667. The monoisotopic (exact) mass is 312 g/mol. The van der Waals surface area contributed by atoms with Gasteiger partial charge in [-0.2, -0.15) is 0 Å². The molecular formula is C15H25ClN4O.